The van der Waals surface area contributed by atoms with Gasteiger partial charge in [-0.15, -0.1) is 0 Å². The number of rotatable bonds is 6. The van der Waals surface area contributed by atoms with Crippen LogP contribution in [0, 0.1) is 0 Å². The van der Waals surface area contributed by atoms with Crippen LogP contribution in [0.1, 0.15) is 23.1 Å². The molecule has 1 amide bonds. The van der Waals surface area contributed by atoms with E-state index in [0.29, 0.717) is 30.8 Å². The highest BCUT2D eigenvalue weighted by atomic mass is 19.4. The van der Waals surface area contributed by atoms with Gasteiger partial charge in [0.05, 0.1) is 11.6 Å². The maximum atomic E-state index is 12.6. The van der Waals surface area contributed by atoms with Crippen LogP contribution < -0.4 is 15.4 Å². The third-order valence-electron chi connectivity index (χ3n) is 4.39. The van der Waals surface area contributed by atoms with Crippen LogP contribution >= 0.6 is 0 Å². The minimum absolute atomic E-state index is 0.0552. The van der Waals surface area contributed by atoms with Gasteiger partial charge in [-0.05, 0) is 41.8 Å². The third-order valence-corrected chi connectivity index (χ3v) is 4.39. The van der Waals surface area contributed by atoms with E-state index in [1.165, 1.54) is 12.1 Å². The van der Waals surface area contributed by atoms with Gasteiger partial charge in [-0.1, -0.05) is 36.4 Å². The number of alkyl halides is 3. The molecule has 7 heteroatoms. The number of carbonyl (C=O) groups is 1. The van der Waals surface area contributed by atoms with E-state index in [4.69, 9.17) is 4.74 Å². The predicted octanol–water partition coefficient (Wildman–Crippen LogP) is 3.82. The SMILES string of the molecule is O=C(NCc1cccc(OCc2ccc(C(F)(F)F)cc2)c1)C1CC=CCN1. The van der Waals surface area contributed by atoms with Crippen molar-refractivity contribution in [1.82, 2.24) is 10.6 Å². The van der Waals surface area contributed by atoms with Gasteiger partial charge < -0.3 is 15.4 Å². The van der Waals surface area contributed by atoms with Crippen molar-refractivity contribution in [3.05, 3.63) is 77.4 Å². The van der Waals surface area contributed by atoms with Gasteiger partial charge in [0.15, 0.2) is 0 Å². The van der Waals surface area contributed by atoms with Crippen LogP contribution in [-0.4, -0.2) is 18.5 Å². The van der Waals surface area contributed by atoms with Crippen LogP contribution in [-0.2, 0) is 24.1 Å². The summed E-state index contributed by atoms with van der Waals surface area (Å²) in [5, 5.41) is 6.02. The molecule has 1 atom stereocenters. The Morgan fingerprint density at radius 1 is 1.11 bits per heavy atom. The minimum Gasteiger partial charge on any atom is -0.489 e. The first kappa shape index (κ1) is 19.9. The fourth-order valence-corrected chi connectivity index (χ4v) is 2.82. The molecule has 1 heterocycles. The first-order valence-corrected chi connectivity index (χ1v) is 8.96. The number of benzene rings is 2. The molecular formula is C21H21F3N2O2. The van der Waals surface area contributed by atoms with Gasteiger partial charge in [0.2, 0.25) is 5.91 Å². The molecule has 3 rings (SSSR count). The highest BCUT2D eigenvalue weighted by Crippen LogP contribution is 2.29. The molecule has 1 aliphatic heterocycles. The fraction of sp³-hybridized carbons (Fsp3) is 0.286. The Kier molecular flexibility index (Phi) is 6.36. The van der Waals surface area contributed by atoms with Crippen molar-refractivity contribution in [3.63, 3.8) is 0 Å². The molecule has 0 radical (unpaired) electrons. The second kappa shape index (κ2) is 8.93. The molecule has 0 aromatic heterocycles. The summed E-state index contributed by atoms with van der Waals surface area (Å²) in [6.07, 6.45) is 0.293. The summed E-state index contributed by atoms with van der Waals surface area (Å²) in [6.45, 7) is 1.22. The Bertz CT molecular complexity index is 832. The third kappa shape index (κ3) is 5.60. The van der Waals surface area contributed by atoms with E-state index in [2.05, 4.69) is 10.6 Å². The number of carbonyl (C=O) groups excluding carboxylic acids is 1. The minimum atomic E-state index is -4.35. The van der Waals surface area contributed by atoms with Crippen molar-refractivity contribution in [3.8, 4) is 5.75 Å². The molecule has 148 valence electrons. The van der Waals surface area contributed by atoms with Crippen molar-refractivity contribution in [2.45, 2.75) is 31.8 Å². The number of hydrogen-bond acceptors (Lipinski definition) is 3. The fourth-order valence-electron chi connectivity index (χ4n) is 2.82. The van der Waals surface area contributed by atoms with Crippen LogP contribution in [0.15, 0.2) is 60.7 Å². The molecule has 2 aromatic carbocycles. The lowest BCUT2D eigenvalue weighted by molar-refractivity contribution is -0.137. The summed E-state index contributed by atoms with van der Waals surface area (Å²) in [5.41, 5.74) is 0.838. The molecule has 1 aliphatic rings. The smallest absolute Gasteiger partial charge is 0.416 e. The highest BCUT2D eigenvalue weighted by molar-refractivity contribution is 5.82. The molecule has 0 saturated heterocycles. The van der Waals surface area contributed by atoms with Crippen LogP contribution in [0.25, 0.3) is 0 Å². The van der Waals surface area contributed by atoms with Gasteiger partial charge in [0, 0.05) is 13.1 Å². The van der Waals surface area contributed by atoms with Crippen molar-refractivity contribution >= 4 is 5.91 Å². The van der Waals surface area contributed by atoms with Crippen molar-refractivity contribution < 1.29 is 22.7 Å². The van der Waals surface area contributed by atoms with E-state index >= 15 is 0 Å². The maximum absolute atomic E-state index is 12.6. The molecule has 1 unspecified atom stereocenters. The van der Waals surface area contributed by atoms with E-state index in [0.717, 1.165) is 17.7 Å². The molecule has 0 fully saturated rings. The quantitative estimate of drug-likeness (QED) is 0.738. The number of halogens is 3. The van der Waals surface area contributed by atoms with E-state index in [-0.39, 0.29) is 18.6 Å². The maximum Gasteiger partial charge on any atom is 0.416 e. The zero-order valence-corrected chi connectivity index (χ0v) is 15.1. The largest absolute Gasteiger partial charge is 0.489 e. The molecule has 0 aliphatic carbocycles. The average Bonchev–Trinajstić information content (AvgIpc) is 2.71. The Morgan fingerprint density at radius 2 is 1.89 bits per heavy atom. The van der Waals surface area contributed by atoms with Gasteiger partial charge in [-0.3, -0.25) is 4.79 Å². The zero-order chi connectivity index (χ0) is 20.0. The van der Waals surface area contributed by atoms with Crippen molar-refractivity contribution in [2.75, 3.05) is 6.54 Å². The summed E-state index contributed by atoms with van der Waals surface area (Å²) in [6, 6.07) is 11.9. The summed E-state index contributed by atoms with van der Waals surface area (Å²) in [5.74, 6) is 0.533. The molecule has 4 nitrogen and oxygen atoms in total. The summed E-state index contributed by atoms with van der Waals surface area (Å²) in [4.78, 5) is 12.1. The average molecular weight is 390 g/mol. The second-order valence-electron chi connectivity index (χ2n) is 6.52. The highest BCUT2D eigenvalue weighted by Gasteiger charge is 2.29. The standard InChI is InChI=1S/C21H21F3N2O2/c22-21(23,24)17-9-7-15(8-10-17)14-28-18-5-3-4-16(12-18)13-26-20(27)19-6-1-2-11-25-19/h1-5,7-10,12,19,25H,6,11,13-14H2,(H,26,27). The lowest BCUT2D eigenvalue weighted by Gasteiger charge is -2.19. The number of ether oxygens (including phenoxy) is 1. The van der Waals surface area contributed by atoms with Gasteiger partial charge in [-0.2, -0.15) is 13.2 Å². The number of amides is 1. The normalized spacial score (nSPS) is 16.6. The monoisotopic (exact) mass is 390 g/mol. The number of hydrogen-bond donors (Lipinski definition) is 2. The molecular weight excluding hydrogens is 369 g/mol. The lowest BCUT2D eigenvalue weighted by atomic mass is 10.1. The molecule has 0 bridgehead atoms. The lowest BCUT2D eigenvalue weighted by Crippen LogP contribution is -2.45. The topological polar surface area (TPSA) is 50.4 Å². The molecule has 2 aromatic rings. The van der Waals surface area contributed by atoms with Crippen LogP contribution in [0.2, 0.25) is 0 Å². The zero-order valence-electron chi connectivity index (χ0n) is 15.1. The Labute approximate surface area is 161 Å². The van der Waals surface area contributed by atoms with Crippen LogP contribution in [0.5, 0.6) is 5.75 Å². The van der Waals surface area contributed by atoms with E-state index in [1.807, 2.05) is 24.3 Å². The molecule has 0 spiro atoms. The number of nitrogens with one attached hydrogen (secondary N) is 2. The van der Waals surface area contributed by atoms with Crippen LogP contribution in [0.4, 0.5) is 13.2 Å². The molecule has 28 heavy (non-hydrogen) atoms. The Hall–Kier alpha value is -2.80. The Morgan fingerprint density at radius 3 is 2.57 bits per heavy atom. The molecule has 2 N–H and O–H groups in total. The van der Waals surface area contributed by atoms with Gasteiger partial charge in [-0.25, -0.2) is 0 Å². The predicted molar refractivity (Wildman–Crippen MR) is 99.6 cm³/mol. The summed E-state index contributed by atoms with van der Waals surface area (Å²) >= 11 is 0. The van der Waals surface area contributed by atoms with E-state index in [9.17, 15) is 18.0 Å². The summed E-state index contributed by atoms with van der Waals surface area (Å²) in [7, 11) is 0. The summed E-state index contributed by atoms with van der Waals surface area (Å²) < 4.78 is 43.4. The van der Waals surface area contributed by atoms with E-state index in [1.54, 1.807) is 12.1 Å². The van der Waals surface area contributed by atoms with Gasteiger partial charge in [0.1, 0.15) is 12.4 Å². The molecule has 0 saturated carbocycles. The van der Waals surface area contributed by atoms with Crippen molar-refractivity contribution in [2.24, 2.45) is 0 Å². The van der Waals surface area contributed by atoms with Gasteiger partial charge >= 0.3 is 6.18 Å². The van der Waals surface area contributed by atoms with Crippen molar-refractivity contribution in [1.29, 1.82) is 0 Å². The van der Waals surface area contributed by atoms with Crippen LogP contribution in [0.3, 0.4) is 0 Å². The second-order valence-corrected chi connectivity index (χ2v) is 6.52. The first-order valence-electron chi connectivity index (χ1n) is 8.96. The Balaban J connectivity index is 1.51. The van der Waals surface area contributed by atoms with E-state index < -0.39 is 11.7 Å². The van der Waals surface area contributed by atoms with Gasteiger partial charge in [0.25, 0.3) is 0 Å². The first-order chi connectivity index (χ1) is 13.4.